The van der Waals surface area contributed by atoms with Gasteiger partial charge >= 0.3 is 5.97 Å². The number of carboxylic acids is 1. The molecule has 1 heterocycles. The number of aromatic carboxylic acids is 1. The van der Waals surface area contributed by atoms with Crippen LogP contribution in [0.1, 0.15) is 21.5 Å². The summed E-state index contributed by atoms with van der Waals surface area (Å²) in [6, 6.07) is 13.3. The first-order valence-electron chi connectivity index (χ1n) is 7.78. The van der Waals surface area contributed by atoms with E-state index in [1.807, 2.05) is 26.0 Å². The van der Waals surface area contributed by atoms with E-state index in [0.29, 0.717) is 22.6 Å². The molecule has 0 saturated heterocycles. The van der Waals surface area contributed by atoms with Gasteiger partial charge < -0.3 is 10.4 Å². The topological polar surface area (TPSA) is 62.2 Å². The molecule has 0 radical (unpaired) electrons. The van der Waals surface area contributed by atoms with Crippen LogP contribution in [0.15, 0.2) is 54.7 Å². The van der Waals surface area contributed by atoms with E-state index >= 15 is 0 Å². The monoisotopic (exact) mass is 336 g/mol. The number of nitrogens with zero attached hydrogens (tertiary/aromatic N) is 1. The summed E-state index contributed by atoms with van der Waals surface area (Å²) in [7, 11) is 0. The van der Waals surface area contributed by atoms with Gasteiger partial charge in [0.25, 0.3) is 0 Å². The van der Waals surface area contributed by atoms with Crippen LogP contribution in [0, 0.1) is 19.7 Å². The Balaban J connectivity index is 2.12. The quantitative estimate of drug-likeness (QED) is 0.708. The Labute approximate surface area is 145 Å². The summed E-state index contributed by atoms with van der Waals surface area (Å²) in [5.41, 5.74) is 3.65. The van der Waals surface area contributed by atoms with Crippen molar-refractivity contribution in [2.75, 3.05) is 5.32 Å². The SMILES string of the molecule is Cc1cnc(-c2ccccc2F)c(Nc2ccc(C)cc2C(=O)O)c1. The molecule has 0 aliphatic carbocycles. The van der Waals surface area contributed by atoms with Crippen molar-refractivity contribution in [1.82, 2.24) is 4.98 Å². The lowest BCUT2D eigenvalue weighted by Gasteiger charge is -2.15. The van der Waals surface area contributed by atoms with Gasteiger partial charge in [-0.05, 0) is 49.7 Å². The molecular weight excluding hydrogens is 319 g/mol. The van der Waals surface area contributed by atoms with E-state index in [0.717, 1.165) is 11.1 Å². The molecule has 0 fully saturated rings. The van der Waals surface area contributed by atoms with E-state index in [-0.39, 0.29) is 11.4 Å². The van der Waals surface area contributed by atoms with Gasteiger partial charge in [0.05, 0.1) is 22.6 Å². The zero-order valence-corrected chi connectivity index (χ0v) is 13.9. The number of pyridine rings is 1. The highest BCUT2D eigenvalue weighted by molar-refractivity contribution is 5.96. The number of aromatic nitrogens is 1. The average Bonchev–Trinajstić information content (AvgIpc) is 2.57. The first-order valence-corrected chi connectivity index (χ1v) is 7.78. The molecular formula is C20H17FN2O2. The van der Waals surface area contributed by atoms with Gasteiger partial charge in [-0.15, -0.1) is 0 Å². The number of hydrogen-bond donors (Lipinski definition) is 2. The third-order valence-electron chi connectivity index (χ3n) is 3.83. The molecule has 0 spiro atoms. The second-order valence-corrected chi connectivity index (χ2v) is 5.87. The summed E-state index contributed by atoms with van der Waals surface area (Å²) in [4.78, 5) is 15.9. The van der Waals surface area contributed by atoms with Crippen LogP contribution in [0.4, 0.5) is 15.8 Å². The number of hydrogen-bond acceptors (Lipinski definition) is 3. The molecule has 0 unspecified atom stereocenters. The average molecular weight is 336 g/mol. The molecule has 0 aliphatic rings. The molecule has 5 heteroatoms. The number of nitrogens with one attached hydrogen (secondary N) is 1. The number of carboxylic acid groups (broad SMARTS) is 1. The minimum atomic E-state index is -1.03. The van der Waals surface area contributed by atoms with Crippen LogP contribution in [0.5, 0.6) is 0 Å². The van der Waals surface area contributed by atoms with Gasteiger partial charge in [-0.3, -0.25) is 4.98 Å². The highest BCUT2D eigenvalue weighted by Crippen LogP contribution is 2.32. The van der Waals surface area contributed by atoms with Gasteiger partial charge in [0.1, 0.15) is 5.82 Å². The first-order chi connectivity index (χ1) is 12.0. The van der Waals surface area contributed by atoms with Gasteiger partial charge in [-0.1, -0.05) is 23.8 Å². The Hall–Kier alpha value is -3.21. The second-order valence-electron chi connectivity index (χ2n) is 5.87. The van der Waals surface area contributed by atoms with Crippen molar-refractivity contribution in [2.45, 2.75) is 13.8 Å². The minimum Gasteiger partial charge on any atom is -0.478 e. The lowest BCUT2D eigenvalue weighted by molar-refractivity contribution is 0.0698. The van der Waals surface area contributed by atoms with E-state index in [2.05, 4.69) is 10.3 Å². The molecule has 25 heavy (non-hydrogen) atoms. The molecule has 2 N–H and O–H groups in total. The fourth-order valence-electron chi connectivity index (χ4n) is 2.62. The van der Waals surface area contributed by atoms with Crippen LogP contribution in [-0.2, 0) is 0 Å². The third-order valence-corrected chi connectivity index (χ3v) is 3.83. The molecule has 0 bridgehead atoms. The van der Waals surface area contributed by atoms with Crippen LogP contribution in [0.25, 0.3) is 11.3 Å². The van der Waals surface area contributed by atoms with Crippen molar-refractivity contribution in [3.8, 4) is 11.3 Å². The summed E-state index contributed by atoms with van der Waals surface area (Å²) < 4.78 is 14.2. The molecule has 126 valence electrons. The zero-order chi connectivity index (χ0) is 18.0. The summed E-state index contributed by atoms with van der Waals surface area (Å²) in [6.45, 7) is 3.70. The zero-order valence-electron chi connectivity index (χ0n) is 13.9. The number of benzene rings is 2. The van der Waals surface area contributed by atoms with Gasteiger partial charge in [0, 0.05) is 11.8 Å². The summed E-state index contributed by atoms with van der Waals surface area (Å²) in [5, 5.41) is 12.5. The molecule has 1 aromatic heterocycles. The molecule has 0 amide bonds. The number of rotatable bonds is 4. The molecule has 4 nitrogen and oxygen atoms in total. The Bertz CT molecular complexity index is 954. The largest absolute Gasteiger partial charge is 0.478 e. The van der Waals surface area contributed by atoms with Crippen molar-refractivity contribution in [3.63, 3.8) is 0 Å². The lowest BCUT2D eigenvalue weighted by atomic mass is 10.1. The predicted octanol–water partition coefficient (Wildman–Crippen LogP) is 4.95. The third kappa shape index (κ3) is 3.50. The van der Waals surface area contributed by atoms with Gasteiger partial charge in [0.2, 0.25) is 0 Å². The molecule has 0 atom stereocenters. The molecule has 3 rings (SSSR count). The van der Waals surface area contributed by atoms with E-state index in [1.165, 1.54) is 6.07 Å². The number of anilines is 2. The fraction of sp³-hybridized carbons (Fsp3) is 0.100. The van der Waals surface area contributed by atoms with Crippen LogP contribution in [0.3, 0.4) is 0 Å². The van der Waals surface area contributed by atoms with Crippen molar-refractivity contribution in [2.24, 2.45) is 0 Å². The fourth-order valence-corrected chi connectivity index (χ4v) is 2.62. The molecule has 3 aromatic rings. The summed E-state index contributed by atoms with van der Waals surface area (Å²) >= 11 is 0. The predicted molar refractivity (Wildman–Crippen MR) is 95.8 cm³/mol. The van der Waals surface area contributed by atoms with Gasteiger partial charge in [0.15, 0.2) is 0 Å². The smallest absolute Gasteiger partial charge is 0.337 e. The molecule has 0 aliphatic heterocycles. The lowest BCUT2D eigenvalue weighted by Crippen LogP contribution is -2.05. The van der Waals surface area contributed by atoms with E-state index in [9.17, 15) is 14.3 Å². The molecule has 2 aromatic carbocycles. The van der Waals surface area contributed by atoms with Crippen LogP contribution in [-0.4, -0.2) is 16.1 Å². The van der Waals surface area contributed by atoms with Crippen molar-refractivity contribution in [3.05, 3.63) is 77.2 Å². The maximum Gasteiger partial charge on any atom is 0.337 e. The normalized spacial score (nSPS) is 10.5. The van der Waals surface area contributed by atoms with Crippen molar-refractivity contribution >= 4 is 17.3 Å². The van der Waals surface area contributed by atoms with E-state index in [4.69, 9.17) is 0 Å². The van der Waals surface area contributed by atoms with Crippen LogP contribution < -0.4 is 5.32 Å². The Kier molecular flexibility index (Phi) is 4.48. The van der Waals surface area contributed by atoms with E-state index < -0.39 is 5.97 Å². The van der Waals surface area contributed by atoms with Crippen molar-refractivity contribution in [1.29, 1.82) is 0 Å². The van der Waals surface area contributed by atoms with E-state index in [1.54, 1.807) is 36.5 Å². The van der Waals surface area contributed by atoms with Gasteiger partial charge in [-0.25, -0.2) is 9.18 Å². The highest BCUT2D eigenvalue weighted by Gasteiger charge is 2.15. The van der Waals surface area contributed by atoms with Crippen molar-refractivity contribution < 1.29 is 14.3 Å². The summed E-state index contributed by atoms with van der Waals surface area (Å²) in [5.74, 6) is -1.41. The number of halogens is 1. The van der Waals surface area contributed by atoms with Gasteiger partial charge in [-0.2, -0.15) is 0 Å². The maximum atomic E-state index is 14.2. The van der Waals surface area contributed by atoms with Crippen LogP contribution in [0.2, 0.25) is 0 Å². The number of carbonyl (C=O) groups is 1. The highest BCUT2D eigenvalue weighted by atomic mass is 19.1. The number of aryl methyl sites for hydroxylation is 2. The summed E-state index contributed by atoms with van der Waals surface area (Å²) in [6.07, 6.45) is 1.65. The standard InChI is InChI=1S/C20H17FN2O2/c1-12-7-8-17(15(9-12)20(24)25)23-18-10-13(2)11-22-19(18)14-5-3-4-6-16(14)21/h3-11,23H,1-2H3,(H,24,25). The Morgan fingerprint density at radius 1 is 1.04 bits per heavy atom. The Morgan fingerprint density at radius 2 is 1.80 bits per heavy atom. The maximum absolute atomic E-state index is 14.2. The van der Waals surface area contributed by atoms with Crippen LogP contribution >= 0.6 is 0 Å². The minimum absolute atomic E-state index is 0.154. The Morgan fingerprint density at radius 3 is 2.52 bits per heavy atom. The molecule has 0 saturated carbocycles. The first kappa shape index (κ1) is 16.6. The second kappa shape index (κ2) is 6.73.